The van der Waals surface area contributed by atoms with E-state index in [0.29, 0.717) is 11.4 Å². The molecule has 2 aromatic carbocycles. The Kier molecular flexibility index (Phi) is 5.81. The number of amides is 2. The number of benzene rings is 2. The predicted molar refractivity (Wildman–Crippen MR) is 94.5 cm³/mol. The smallest absolute Gasteiger partial charge is 0.262 e. The van der Waals surface area contributed by atoms with Gasteiger partial charge in [-0.1, -0.05) is 15.9 Å². The highest BCUT2D eigenvalue weighted by molar-refractivity contribution is 9.10. The number of ether oxygens (including phenoxy) is 2. The first kappa shape index (κ1) is 17.8. The van der Waals surface area contributed by atoms with E-state index in [-0.39, 0.29) is 23.8 Å². The van der Waals surface area contributed by atoms with Crippen LogP contribution in [0.25, 0.3) is 0 Å². The molecule has 0 aliphatic carbocycles. The van der Waals surface area contributed by atoms with Gasteiger partial charge in [-0.15, -0.1) is 0 Å². The molecular formula is C17H17BrN2O4. The van der Waals surface area contributed by atoms with Crippen molar-refractivity contribution in [3.8, 4) is 11.5 Å². The molecule has 3 N–H and O–H groups in total. The molecule has 0 atom stereocenters. The molecule has 24 heavy (non-hydrogen) atoms. The number of nitrogens with one attached hydrogen (secondary N) is 1. The fourth-order valence-corrected chi connectivity index (χ4v) is 2.26. The van der Waals surface area contributed by atoms with Crippen LogP contribution in [0.3, 0.4) is 0 Å². The summed E-state index contributed by atoms with van der Waals surface area (Å²) in [6.45, 7) is 1.66. The van der Waals surface area contributed by atoms with Gasteiger partial charge in [0.15, 0.2) is 6.61 Å². The van der Waals surface area contributed by atoms with E-state index in [2.05, 4.69) is 21.2 Å². The van der Waals surface area contributed by atoms with E-state index < -0.39 is 5.91 Å². The van der Waals surface area contributed by atoms with Crippen LogP contribution in [0.4, 0.5) is 5.69 Å². The van der Waals surface area contributed by atoms with Crippen LogP contribution in [0.15, 0.2) is 40.9 Å². The maximum Gasteiger partial charge on any atom is 0.262 e. The number of carbonyl (C=O) groups excluding carboxylic acids is 2. The highest BCUT2D eigenvalue weighted by atomic mass is 79.9. The molecular weight excluding hydrogens is 376 g/mol. The van der Waals surface area contributed by atoms with Crippen molar-refractivity contribution in [1.29, 1.82) is 0 Å². The zero-order chi connectivity index (χ0) is 17.7. The molecule has 0 aromatic heterocycles. The molecule has 6 nitrogen and oxygen atoms in total. The van der Waals surface area contributed by atoms with E-state index in [4.69, 9.17) is 15.2 Å². The van der Waals surface area contributed by atoms with Crippen LogP contribution in [0.5, 0.6) is 11.5 Å². The SMILES string of the molecule is COc1ccc(C(N)=O)c(OCC(=O)Nc2ccc(Br)c(C)c2)c1. The Morgan fingerprint density at radius 3 is 2.58 bits per heavy atom. The molecule has 0 saturated heterocycles. The lowest BCUT2D eigenvalue weighted by molar-refractivity contribution is -0.118. The molecule has 0 aliphatic rings. The Hall–Kier alpha value is -2.54. The minimum absolute atomic E-state index is 0.183. The average Bonchev–Trinajstić information content (AvgIpc) is 2.56. The molecule has 0 fully saturated rings. The second-order valence-corrected chi connectivity index (χ2v) is 5.88. The number of carbonyl (C=O) groups is 2. The minimum atomic E-state index is -0.642. The van der Waals surface area contributed by atoms with E-state index >= 15 is 0 Å². The van der Waals surface area contributed by atoms with Crippen molar-refractivity contribution in [3.63, 3.8) is 0 Å². The summed E-state index contributed by atoms with van der Waals surface area (Å²) in [5, 5.41) is 2.73. The molecule has 0 unspecified atom stereocenters. The van der Waals surface area contributed by atoms with Crippen molar-refractivity contribution in [1.82, 2.24) is 0 Å². The van der Waals surface area contributed by atoms with Gasteiger partial charge in [0.25, 0.3) is 11.8 Å². The molecule has 2 rings (SSSR count). The van der Waals surface area contributed by atoms with E-state index in [1.807, 2.05) is 19.1 Å². The van der Waals surface area contributed by atoms with Crippen LogP contribution < -0.4 is 20.5 Å². The monoisotopic (exact) mass is 392 g/mol. The maximum atomic E-state index is 12.0. The number of hydrogen-bond donors (Lipinski definition) is 2. The van der Waals surface area contributed by atoms with Gasteiger partial charge in [0.05, 0.1) is 12.7 Å². The molecule has 0 bridgehead atoms. The number of primary amides is 1. The van der Waals surface area contributed by atoms with Crippen molar-refractivity contribution in [2.45, 2.75) is 6.92 Å². The van der Waals surface area contributed by atoms with Gasteiger partial charge in [0, 0.05) is 16.2 Å². The van der Waals surface area contributed by atoms with Crippen LogP contribution in [-0.4, -0.2) is 25.5 Å². The van der Waals surface area contributed by atoms with E-state index in [0.717, 1.165) is 10.0 Å². The second-order valence-electron chi connectivity index (χ2n) is 5.03. The summed E-state index contributed by atoms with van der Waals surface area (Å²) in [6.07, 6.45) is 0. The van der Waals surface area contributed by atoms with Crippen LogP contribution >= 0.6 is 15.9 Å². The number of nitrogens with two attached hydrogens (primary N) is 1. The maximum absolute atomic E-state index is 12.0. The molecule has 0 spiro atoms. The van der Waals surface area contributed by atoms with Gasteiger partial charge in [0.2, 0.25) is 0 Å². The number of halogens is 1. The number of anilines is 1. The highest BCUT2D eigenvalue weighted by Gasteiger charge is 2.13. The predicted octanol–water partition coefficient (Wildman–Crippen LogP) is 2.88. The van der Waals surface area contributed by atoms with Gasteiger partial charge >= 0.3 is 0 Å². The molecule has 0 saturated carbocycles. The quantitative estimate of drug-likeness (QED) is 0.790. The summed E-state index contributed by atoms with van der Waals surface area (Å²) < 4.78 is 11.5. The Morgan fingerprint density at radius 2 is 1.96 bits per heavy atom. The summed E-state index contributed by atoms with van der Waals surface area (Å²) in [5.41, 5.74) is 7.14. The number of aryl methyl sites for hydroxylation is 1. The lowest BCUT2D eigenvalue weighted by Gasteiger charge is -2.12. The third kappa shape index (κ3) is 4.48. The minimum Gasteiger partial charge on any atom is -0.497 e. The fraction of sp³-hybridized carbons (Fsp3) is 0.176. The van der Waals surface area contributed by atoms with Gasteiger partial charge in [0.1, 0.15) is 11.5 Å². The first-order valence-electron chi connectivity index (χ1n) is 7.07. The average molecular weight is 393 g/mol. The second kappa shape index (κ2) is 7.83. The highest BCUT2D eigenvalue weighted by Crippen LogP contribution is 2.25. The van der Waals surface area contributed by atoms with Gasteiger partial charge in [-0.3, -0.25) is 9.59 Å². The van der Waals surface area contributed by atoms with Crippen molar-refractivity contribution < 1.29 is 19.1 Å². The summed E-state index contributed by atoms with van der Waals surface area (Å²) in [6, 6.07) is 10.1. The summed E-state index contributed by atoms with van der Waals surface area (Å²) >= 11 is 3.40. The molecule has 2 aromatic rings. The summed E-state index contributed by atoms with van der Waals surface area (Å²) in [4.78, 5) is 23.4. The lowest BCUT2D eigenvalue weighted by atomic mass is 10.2. The standard InChI is InChI=1S/C17H17BrN2O4/c1-10-7-11(3-6-14(10)18)20-16(21)9-24-15-8-12(23-2)4-5-13(15)17(19)22/h3-8H,9H2,1-2H3,(H2,19,22)(H,20,21). The van der Waals surface area contributed by atoms with Gasteiger partial charge < -0.3 is 20.5 Å². The zero-order valence-electron chi connectivity index (χ0n) is 13.3. The Morgan fingerprint density at radius 1 is 1.21 bits per heavy atom. The first-order valence-corrected chi connectivity index (χ1v) is 7.86. The number of rotatable bonds is 6. The number of hydrogen-bond acceptors (Lipinski definition) is 4. The van der Waals surface area contributed by atoms with E-state index in [1.165, 1.54) is 19.2 Å². The van der Waals surface area contributed by atoms with Crippen LogP contribution in [-0.2, 0) is 4.79 Å². The van der Waals surface area contributed by atoms with E-state index in [1.54, 1.807) is 12.1 Å². The molecule has 0 heterocycles. The van der Waals surface area contributed by atoms with Crippen LogP contribution in [0.2, 0.25) is 0 Å². The molecule has 0 aliphatic heterocycles. The van der Waals surface area contributed by atoms with Crippen molar-refractivity contribution >= 4 is 33.4 Å². The van der Waals surface area contributed by atoms with Crippen molar-refractivity contribution in [2.24, 2.45) is 5.73 Å². The Bertz CT molecular complexity index is 777. The van der Waals surface area contributed by atoms with Gasteiger partial charge in [-0.2, -0.15) is 0 Å². The van der Waals surface area contributed by atoms with Crippen molar-refractivity contribution in [3.05, 3.63) is 52.0 Å². The largest absolute Gasteiger partial charge is 0.497 e. The molecule has 2 amide bonds. The third-order valence-electron chi connectivity index (χ3n) is 3.25. The van der Waals surface area contributed by atoms with Gasteiger partial charge in [-0.25, -0.2) is 0 Å². The summed E-state index contributed by atoms with van der Waals surface area (Å²) in [7, 11) is 1.49. The normalized spacial score (nSPS) is 10.1. The van der Waals surface area contributed by atoms with E-state index in [9.17, 15) is 9.59 Å². The zero-order valence-corrected chi connectivity index (χ0v) is 14.8. The Balaban J connectivity index is 2.05. The van der Waals surface area contributed by atoms with Crippen LogP contribution in [0, 0.1) is 6.92 Å². The molecule has 0 radical (unpaired) electrons. The van der Waals surface area contributed by atoms with Crippen LogP contribution in [0.1, 0.15) is 15.9 Å². The fourth-order valence-electron chi connectivity index (χ4n) is 2.02. The lowest BCUT2D eigenvalue weighted by Crippen LogP contribution is -2.21. The number of methoxy groups -OCH3 is 1. The molecule has 126 valence electrons. The van der Waals surface area contributed by atoms with Crippen molar-refractivity contribution in [2.75, 3.05) is 19.0 Å². The third-order valence-corrected chi connectivity index (χ3v) is 4.14. The van der Waals surface area contributed by atoms with Gasteiger partial charge in [-0.05, 0) is 42.8 Å². The molecule has 7 heteroatoms. The summed E-state index contributed by atoms with van der Waals surface area (Å²) in [5.74, 6) is -0.297. The topological polar surface area (TPSA) is 90.7 Å². The first-order chi connectivity index (χ1) is 11.4. The Labute approximate surface area is 148 Å².